The summed E-state index contributed by atoms with van der Waals surface area (Å²) in [7, 11) is 0. The van der Waals surface area contributed by atoms with Crippen LogP contribution < -0.4 is 5.56 Å². The average Bonchev–Trinajstić information content (AvgIpc) is 3.02. The lowest BCUT2D eigenvalue weighted by atomic mass is 9.76. The predicted octanol–water partition coefficient (Wildman–Crippen LogP) is 4.34. The van der Waals surface area contributed by atoms with Gasteiger partial charge in [0, 0.05) is 34.9 Å². The first-order valence-corrected chi connectivity index (χ1v) is 9.55. The fourth-order valence-electron chi connectivity index (χ4n) is 3.61. The van der Waals surface area contributed by atoms with Crippen LogP contribution >= 0.6 is 11.6 Å². The molecule has 0 unspecified atom stereocenters. The number of carbonyl (C=O) groups is 1. The summed E-state index contributed by atoms with van der Waals surface area (Å²) in [6, 6.07) is 5.31. The number of esters is 1. The Bertz CT molecular complexity index is 1180. The molecule has 2 heterocycles. The fraction of sp³-hybridized carbons (Fsp3) is 0.350. The standard InChI is InChI=1S/C20H18ClF2N3O3/c1-3-29-19(28)16-15(12-7-20(22,23)8-12)17-18(27)24-14(9-26(17)25-16)11-5-4-10(2)13(21)6-11/h4-6,9,12H,3,7-8H2,1-2H3,(H,24,27). The van der Waals surface area contributed by atoms with Crippen LogP contribution in [0.3, 0.4) is 0 Å². The number of fused-ring (bicyclic) bond motifs is 1. The fourth-order valence-corrected chi connectivity index (χ4v) is 3.79. The summed E-state index contributed by atoms with van der Waals surface area (Å²) in [4.78, 5) is 28.0. The lowest BCUT2D eigenvalue weighted by Crippen LogP contribution is -2.35. The SMILES string of the molecule is CCOC(=O)c1nn2cc(-c3ccc(C)c(Cl)c3)[nH]c(=O)c2c1C1CC(F)(F)C1. The smallest absolute Gasteiger partial charge is 0.359 e. The van der Waals surface area contributed by atoms with Gasteiger partial charge in [-0.2, -0.15) is 5.10 Å². The Balaban J connectivity index is 1.89. The third-order valence-electron chi connectivity index (χ3n) is 5.11. The van der Waals surface area contributed by atoms with Gasteiger partial charge in [0.05, 0.1) is 18.5 Å². The van der Waals surface area contributed by atoms with E-state index in [2.05, 4.69) is 10.1 Å². The van der Waals surface area contributed by atoms with Crippen molar-refractivity contribution in [1.82, 2.24) is 14.6 Å². The number of hydrogen-bond donors (Lipinski definition) is 1. The summed E-state index contributed by atoms with van der Waals surface area (Å²) in [5, 5.41) is 4.75. The largest absolute Gasteiger partial charge is 0.461 e. The number of benzene rings is 1. The average molecular weight is 422 g/mol. The number of aromatic amines is 1. The number of aryl methyl sites for hydroxylation is 1. The van der Waals surface area contributed by atoms with Gasteiger partial charge in [0.25, 0.3) is 5.56 Å². The first-order valence-electron chi connectivity index (χ1n) is 9.17. The van der Waals surface area contributed by atoms with Gasteiger partial charge in [-0.25, -0.2) is 18.1 Å². The highest BCUT2D eigenvalue weighted by molar-refractivity contribution is 6.31. The molecule has 0 spiro atoms. The van der Waals surface area contributed by atoms with Gasteiger partial charge in [0.15, 0.2) is 5.69 Å². The first kappa shape index (κ1) is 19.6. The summed E-state index contributed by atoms with van der Waals surface area (Å²) in [5.74, 6) is -4.18. The molecule has 0 aliphatic heterocycles. The van der Waals surface area contributed by atoms with Crippen LogP contribution in [0.4, 0.5) is 8.78 Å². The van der Waals surface area contributed by atoms with E-state index in [4.69, 9.17) is 16.3 Å². The second kappa shape index (κ2) is 6.95. The van der Waals surface area contributed by atoms with E-state index in [1.807, 2.05) is 13.0 Å². The second-order valence-corrected chi connectivity index (χ2v) is 7.61. The molecule has 4 rings (SSSR count). The van der Waals surface area contributed by atoms with Gasteiger partial charge < -0.3 is 9.72 Å². The third kappa shape index (κ3) is 3.42. The lowest BCUT2D eigenvalue weighted by Gasteiger charge is -2.34. The van der Waals surface area contributed by atoms with Gasteiger partial charge >= 0.3 is 5.97 Å². The Morgan fingerprint density at radius 1 is 1.41 bits per heavy atom. The van der Waals surface area contributed by atoms with E-state index in [-0.39, 0.29) is 23.4 Å². The Morgan fingerprint density at radius 2 is 2.14 bits per heavy atom. The van der Waals surface area contributed by atoms with Crippen molar-refractivity contribution in [2.45, 2.75) is 38.5 Å². The number of alkyl halides is 2. The summed E-state index contributed by atoms with van der Waals surface area (Å²) < 4.78 is 33.2. The van der Waals surface area contributed by atoms with Crippen LogP contribution in [0.2, 0.25) is 5.02 Å². The van der Waals surface area contributed by atoms with Gasteiger partial charge in [0.1, 0.15) is 5.52 Å². The molecule has 0 saturated heterocycles. The Hall–Kier alpha value is -2.74. The number of carbonyl (C=O) groups excluding carboxylic acids is 1. The van der Waals surface area contributed by atoms with E-state index >= 15 is 0 Å². The number of H-pyrrole nitrogens is 1. The zero-order valence-electron chi connectivity index (χ0n) is 15.8. The first-order chi connectivity index (χ1) is 13.7. The van der Waals surface area contributed by atoms with Crippen LogP contribution in [0.25, 0.3) is 16.8 Å². The molecule has 2 aromatic heterocycles. The minimum Gasteiger partial charge on any atom is -0.461 e. The molecular weight excluding hydrogens is 404 g/mol. The van der Waals surface area contributed by atoms with Crippen molar-refractivity contribution in [3.63, 3.8) is 0 Å². The van der Waals surface area contributed by atoms with Crippen molar-refractivity contribution < 1.29 is 18.3 Å². The van der Waals surface area contributed by atoms with E-state index in [9.17, 15) is 18.4 Å². The van der Waals surface area contributed by atoms with Crippen LogP contribution in [-0.2, 0) is 4.74 Å². The highest BCUT2D eigenvalue weighted by Crippen LogP contribution is 2.49. The topological polar surface area (TPSA) is 76.5 Å². The van der Waals surface area contributed by atoms with Crippen LogP contribution in [0.15, 0.2) is 29.2 Å². The molecule has 1 aliphatic carbocycles. The molecule has 9 heteroatoms. The number of nitrogens with one attached hydrogen (secondary N) is 1. The summed E-state index contributed by atoms with van der Waals surface area (Å²) in [6.07, 6.45) is 0.672. The van der Waals surface area contributed by atoms with Crippen molar-refractivity contribution in [2.75, 3.05) is 6.61 Å². The highest BCUT2D eigenvalue weighted by Gasteiger charge is 2.48. The van der Waals surface area contributed by atoms with Crippen LogP contribution in [0.5, 0.6) is 0 Å². The number of ether oxygens (including phenoxy) is 1. The Morgan fingerprint density at radius 3 is 2.76 bits per heavy atom. The molecule has 1 N–H and O–H groups in total. The van der Waals surface area contributed by atoms with Gasteiger partial charge in [-0.05, 0) is 25.5 Å². The van der Waals surface area contributed by atoms with E-state index in [1.54, 1.807) is 25.3 Å². The van der Waals surface area contributed by atoms with Gasteiger partial charge in [-0.3, -0.25) is 4.79 Å². The van der Waals surface area contributed by atoms with Crippen LogP contribution in [0.1, 0.15) is 47.3 Å². The minimum atomic E-state index is -2.81. The van der Waals surface area contributed by atoms with Crippen molar-refractivity contribution in [2.24, 2.45) is 0 Å². The normalized spacial score (nSPS) is 16.0. The highest BCUT2D eigenvalue weighted by atomic mass is 35.5. The molecule has 1 saturated carbocycles. The molecule has 0 amide bonds. The molecule has 0 atom stereocenters. The second-order valence-electron chi connectivity index (χ2n) is 7.20. The van der Waals surface area contributed by atoms with E-state index in [0.29, 0.717) is 16.3 Å². The van der Waals surface area contributed by atoms with E-state index in [0.717, 1.165) is 5.56 Å². The molecule has 152 valence electrons. The van der Waals surface area contributed by atoms with Crippen LogP contribution in [-0.4, -0.2) is 33.1 Å². The molecular formula is C20H18ClF2N3O3. The molecule has 1 fully saturated rings. The van der Waals surface area contributed by atoms with Crippen molar-refractivity contribution in [1.29, 1.82) is 0 Å². The molecule has 29 heavy (non-hydrogen) atoms. The maximum Gasteiger partial charge on any atom is 0.359 e. The van der Waals surface area contributed by atoms with Crippen LogP contribution in [0, 0.1) is 6.92 Å². The number of rotatable bonds is 4. The number of nitrogens with zero attached hydrogens (tertiary/aromatic N) is 2. The van der Waals surface area contributed by atoms with Gasteiger partial charge in [0.2, 0.25) is 5.92 Å². The monoisotopic (exact) mass is 421 g/mol. The maximum atomic E-state index is 13.5. The molecule has 1 aromatic carbocycles. The molecule has 6 nitrogen and oxygen atoms in total. The summed E-state index contributed by atoms with van der Waals surface area (Å²) in [6.45, 7) is 3.60. The number of hydrogen-bond acceptors (Lipinski definition) is 4. The van der Waals surface area contributed by atoms with Crippen molar-refractivity contribution >= 4 is 23.1 Å². The summed E-state index contributed by atoms with van der Waals surface area (Å²) >= 11 is 6.18. The van der Waals surface area contributed by atoms with E-state index < -0.39 is 36.2 Å². The third-order valence-corrected chi connectivity index (χ3v) is 5.52. The number of aromatic nitrogens is 3. The molecule has 0 bridgehead atoms. The van der Waals surface area contributed by atoms with Crippen molar-refractivity contribution in [3.8, 4) is 11.3 Å². The summed E-state index contributed by atoms with van der Waals surface area (Å²) in [5.41, 5.74) is 1.65. The zero-order valence-corrected chi connectivity index (χ0v) is 16.5. The molecule has 1 aliphatic rings. The zero-order chi connectivity index (χ0) is 20.9. The van der Waals surface area contributed by atoms with Crippen molar-refractivity contribution in [3.05, 3.63) is 56.6 Å². The predicted molar refractivity (Wildman–Crippen MR) is 104 cm³/mol. The molecule has 3 aromatic rings. The number of halogens is 3. The quantitative estimate of drug-likeness (QED) is 0.636. The minimum absolute atomic E-state index is 0.0792. The van der Waals surface area contributed by atoms with E-state index in [1.165, 1.54) is 4.52 Å². The maximum absolute atomic E-state index is 13.5. The van der Waals surface area contributed by atoms with Gasteiger partial charge in [-0.1, -0.05) is 23.7 Å². The lowest BCUT2D eigenvalue weighted by molar-refractivity contribution is -0.0866. The Kier molecular flexibility index (Phi) is 4.69. The molecule has 0 radical (unpaired) electrons. The van der Waals surface area contributed by atoms with Gasteiger partial charge in [-0.15, -0.1) is 0 Å². The Labute approximate surface area is 169 Å².